The Labute approximate surface area is 198 Å². The van der Waals surface area contributed by atoms with Gasteiger partial charge in [0.25, 0.3) is 0 Å². The number of anilines is 1. The molecule has 0 atom stereocenters. The number of rotatable bonds is 9. The van der Waals surface area contributed by atoms with Crippen molar-refractivity contribution < 1.29 is 9.59 Å². The summed E-state index contributed by atoms with van der Waals surface area (Å²) in [5, 5.41) is 5.46. The largest absolute Gasteiger partial charge is 0.332 e. The second kappa shape index (κ2) is 11.7. The number of amides is 3. The Hall–Kier alpha value is -2.83. The summed E-state index contributed by atoms with van der Waals surface area (Å²) in [5.74, 6) is -0.0900. The van der Waals surface area contributed by atoms with Gasteiger partial charge in [0.15, 0.2) is 0 Å². The minimum atomic E-state index is -0.309. The van der Waals surface area contributed by atoms with Gasteiger partial charge < -0.3 is 15.1 Å². The number of hydrogen-bond donors (Lipinski definition) is 1. The summed E-state index contributed by atoms with van der Waals surface area (Å²) < 4.78 is 0. The van der Waals surface area contributed by atoms with Gasteiger partial charge in [0, 0.05) is 28.7 Å². The Morgan fingerprint density at radius 3 is 2.44 bits per heavy atom. The number of nitrogens with zero attached hydrogens (tertiary/aromatic N) is 2. The summed E-state index contributed by atoms with van der Waals surface area (Å²) in [6.45, 7) is 5.39. The van der Waals surface area contributed by atoms with Crippen LogP contribution in [0, 0.1) is 6.92 Å². The number of urea groups is 1. The number of nitrogens with one attached hydrogen (secondary N) is 1. The molecule has 1 heterocycles. The van der Waals surface area contributed by atoms with E-state index in [0.717, 1.165) is 22.4 Å². The molecule has 0 bridgehead atoms. The van der Waals surface area contributed by atoms with Crippen LogP contribution in [0.1, 0.15) is 29.3 Å². The molecule has 0 aliphatic rings. The molecule has 0 unspecified atom stereocenters. The number of hydrogen-bond acceptors (Lipinski definition) is 3. The molecule has 0 saturated heterocycles. The first-order valence-electron chi connectivity index (χ1n) is 10.6. The summed E-state index contributed by atoms with van der Waals surface area (Å²) in [6.07, 6.45) is 0.749. The van der Waals surface area contributed by atoms with Crippen molar-refractivity contribution >= 4 is 40.6 Å². The summed E-state index contributed by atoms with van der Waals surface area (Å²) in [4.78, 5) is 30.7. The zero-order valence-electron chi connectivity index (χ0n) is 18.4. The van der Waals surface area contributed by atoms with E-state index in [-0.39, 0.29) is 18.5 Å². The SMILES string of the molecule is CCCN(CC(=O)N(Cc1ccccc1)Cc1cccs1)C(=O)Nc1ccc(C)c(Cl)c1. The van der Waals surface area contributed by atoms with Crippen LogP contribution in [0.25, 0.3) is 0 Å². The van der Waals surface area contributed by atoms with E-state index >= 15 is 0 Å². The molecule has 2 aromatic carbocycles. The molecule has 0 aliphatic carbocycles. The van der Waals surface area contributed by atoms with Gasteiger partial charge in [-0.3, -0.25) is 4.79 Å². The Kier molecular flexibility index (Phi) is 8.71. The highest BCUT2D eigenvalue weighted by atomic mass is 35.5. The van der Waals surface area contributed by atoms with Crippen molar-refractivity contribution in [3.05, 3.63) is 87.1 Å². The molecular formula is C25H28ClN3O2S. The number of carbonyl (C=O) groups is 2. The highest BCUT2D eigenvalue weighted by molar-refractivity contribution is 7.09. The van der Waals surface area contributed by atoms with Crippen molar-refractivity contribution in [1.29, 1.82) is 0 Å². The number of aryl methyl sites for hydroxylation is 1. The zero-order valence-corrected chi connectivity index (χ0v) is 20.0. The summed E-state index contributed by atoms with van der Waals surface area (Å²) in [5.41, 5.74) is 2.60. The lowest BCUT2D eigenvalue weighted by Crippen LogP contribution is -2.44. The maximum Gasteiger partial charge on any atom is 0.322 e. The monoisotopic (exact) mass is 469 g/mol. The Morgan fingerprint density at radius 2 is 1.78 bits per heavy atom. The quantitative estimate of drug-likeness (QED) is 0.406. The molecule has 0 fully saturated rings. The summed E-state index contributed by atoms with van der Waals surface area (Å²) in [6, 6.07) is 19.0. The minimum Gasteiger partial charge on any atom is -0.332 e. The fourth-order valence-electron chi connectivity index (χ4n) is 3.29. The number of carbonyl (C=O) groups excluding carboxylic acids is 2. The second-order valence-corrected chi connectivity index (χ2v) is 9.07. The van der Waals surface area contributed by atoms with Crippen LogP contribution in [0.15, 0.2) is 66.0 Å². The van der Waals surface area contributed by atoms with E-state index in [0.29, 0.717) is 30.3 Å². The molecule has 3 amide bonds. The van der Waals surface area contributed by atoms with E-state index in [1.54, 1.807) is 27.2 Å². The van der Waals surface area contributed by atoms with Gasteiger partial charge in [-0.2, -0.15) is 0 Å². The predicted octanol–water partition coefficient (Wildman–Crippen LogP) is 6.18. The third kappa shape index (κ3) is 6.84. The average molecular weight is 470 g/mol. The van der Waals surface area contributed by atoms with Crippen LogP contribution in [-0.2, 0) is 17.9 Å². The Balaban J connectivity index is 1.72. The van der Waals surface area contributed by atoms with Crippen molar-refractivity contribution in [3.8, 4) is 0 Å². The zero-order chi connectivity index (χ0) is 22.9. The standard InChI is InChI=1S/C25H28ClN3O2S/c1-3-13-28(25(31)27-21-12-11-19(2)23(26)15-21)18-24(30)29(17-22-10-7-14-32-22)16-20-8-5-4-6-9-20/h4-12,14-15H,3,13,16-18H2,1-2H3,(H,27,31). The molecule has 1 N–H and O–H groups in total. The maximum atomic E-state index is 13.3. The van der Waals surface area contributed by atoms with Crippen molar-refractivity contribution in [1.82, 2.24) is 9.80 Å². The highest BCUT2D eigenvalue weighted by Gasteiger charge is 2.22. The van der Waals surface area contributed by atoms with Crippen LogP contribution < -0.4 is 5.32 Å². The van der Waals surface area contributed by atoms with Crippen LogP contribution in [0.5, 0.6) is 0 Å². The topological polar surface area (TPSA) is 52.7 Å². The van der Waals surface area contributed by atoms with E-state index in [4.69, 9.17) is 11.6 Å². The summed E-state index contributed by atoms with van der Waals surface area (Å²) in [7, 11) is 0. The van der Waals surface area contributed by atoms with Gasteiger partial charge in [0.1, 0.15) is 6.54 Å². The van der Waals surface area contributed by atoms with Crippen molar-refractivity contribution in [2.24, 2.45) is 0 Å². The lowest BCUT2D eigenvalue weighted by Gasteiger charge is -2.27. The van der Waals surface area contributed by atoms with E-state index in [2.05, 4.69) is 5.32 Å². The van der Waals surface area contributed by atoms with Gasteiger partial charge in [-0.15, -0.1) is 11.3 Å². The van der Waals surface area contributed by atoms with Crippen molar-refractivity contribution in [2.75, 3.05) is 18.4 Å². The number of thiophene rings is 1. The molecule has 3 rings (SSSR count). The van der Waals surface area contributed by atoms with Gasteiger partial charge in [0.05, 0.1) is 6.54 Å². The smallest absolute Gasteiger partial charge is 0.322 e. The van der Waals surface area contributed by atoms with Crippen LogP contribution >= 0.6 is 22.9 Å². The third-order valence-electron chi connectivity index (χ3n) is 5.03. The first kappa shape index (κ1) is 23.8. The number of benzene rings is 2. The lowest BCUT2D eigenvalue weighted by atomic mass is 10.2. The predicted molar refractivity (Wildman–Crippen MR) is 132 cm³/mol. The maximum absolute atomic E-state index is 13.3. The molecule has 168 valence electrons. The van der Waals surface area contributed by atoms with Crippen LogP contribution in [0.4, 0.5) is 10.5 Å². The molecule has 0 aliphatic heterocycles. The van der Waals surface area contributed by atoms with E-state index < -0.39 is 0 Å². The van der Waals surface area contributed by atoms with Crippen molar-refractivity contribution in [3.63, 3.8) is 0 Å². The molecule has 7 heteroatoms. The van der Waals surface area contributed by atoms with Crippen LogP contribution in [-0.4, -0.2) is 34.8 Å². The molecule has 1 aromatic heterocycles. The minimum absolute atomic E-state index is 0.0114. The average Bonchev–Trinajstić information content (AvgIpc) is 3.29. The highest BCUT2D eigenvalue weighted by Crippen LogP contribution is 2.20. The molecule has 3 aromatic rings. The fraction of sp³-hybridized carbons (Fsp3) is 0.280. The molecule has 0 radical (unpaired) electrons. The molecular weight excluding hydrogens is 442 g/mol. The second-order valence-electron chi connectivity index (χ2n) is 7.63. The van der Waals surface area contributed by atoms with Gasteiger partial charge in [0.2, 0.25) is 5.91 Å². The van der Waals surface area contributed by atoms with Crippen molar-refractivity contribution in [2.45, 2.75) is 33.4 Å². The Bertz CT molecular complexity index is 1020. The Morgan fingerprint density at radius 1 is 1.00 bits per heavy atom. The first-order chi connectivity index (χ1) is 15.5. The van der Waals surface area contributed by atoms with Gasteiger partial charge >= 0.3 is 6.03 Å². The van der Waals surface area contributed by atoms with Crippen LogP contribution in [0.3, 0.4) is 0 Å². The summed E-state index contributed by atoms with van der Waals surface area (Å²) >= 11 is 7.80. The van der Waals surface area contributed by atoms with Gasteiger partial charge in [-0.05, 0) is 48.1 Å². The van der Waals surface area contributed by atoms with Gasteiger partial charge in [-0.25, -0.2) is 4.79 Å². The first-order valence-corrected chi connectivity index (χ1v) is 11.9. The molecule has 0 saturated carbocycles. The van der Waals surface area contributed by atoms with E-state index in [9.17, 15) is 9.59 Å². The lowest BCUT2D eigenvalue weighted by molar-refractivity contribution is -0.133. The normalized spacial score (nSPS) is 10.6. The van der Waals surface area contributed by atoms with E-state index in [1.165, 1.54) is 0 Å². The molecule has 0 spiro atoms. The molecule has 5 nitrogen and oxygen atoms in total. The fourth-order valence-corrected chi connectivity index (χ4v) is 4.19. The van der Waals surface area contributed by atoms with E-state index in [1.807, 2.05) is 73.8 Å². The van der Waals surface area contributed by atoms with Gasteiger partial charge in [-0.1, -0.05) is 61.0 Å². The third-order valence-corrected chi connectivity index (χ3v) is 6.29. The number of halogens is 1. The molecule has 32 heavy (non-hydrogen) atoms. The van der Waals surface area contributed by atoms with Crippen LogP contribution in [0.2, 0.25) is 5.02 Å².